The fraction of sp³-hybridized carbons (Fsp3) is 0.333. The average Bonchev–Trinajstić information content (AvgIpc) is 2.06. The van der Waals surface area contributed by atoms with Crippen LogP contribution in [-0.2, 0) is 0 Å². The van der Waals surface area contributed by atoms with E-state index in [1.165, 1.54) is 0 Å². The number of nitrogens with zero attached hydrogens (tertiary/aromatic N) is 1. The van der Waals surface area contributed by atoms with Gasteiger partial charge >= 0.3 is 6.18 Å². The van der Waals surface area contributed by atoms with Gasteiger partial charge in [0.2, 0.25) is 5.88 Å². The molecule has 4 nitrogen and oxygen atoms in total. The number of hydrogen-bond donors (Lipinski definition) is 1. The summed E-state index contributed by atoms with van der Waals surface area (Å²) in [6, 6.07) is 0. The van der Waals surface area contributed by atoms with Gasteiger partial charge in [-0.15, -0.1) is 0 Å². The SMILES string of the molecule is O=c1[nH]cnc(OCC(F)(F)F)c1Br. The first-order valence-electron chi connectivity index (χ1n) is 3.33. The molecule has 0 aliphatic heterocycles. The highest BCUT2D eigenvalue weighted by Crippen LogP contribution is 2.20. The van der Waals surface area contributed by atoms with E-state index in [0.29, 0.717) is 0 Å². The molecule has 0 spiro atoms. The molecule has 0 fully saturated rings. The van der Waals surface area contributed by atoms with Crippen LogP contribution in [0.3, 0.4) is 0 Å². The van der Waals surface area contributed by atoms with Crippen LogP contribution in [-0.4, -0.2) is 22.8 Å². The van der Waals surface area contributed by atoms with Crippen LogP contribution >= 0.6 is 15.9 Å². The van der Waals surface area contributed by atoms with Gasteiger partial charge in [-0.1, -0.05) is 0 Å². The van der Waals surface area contributed by atoms with E-state index >= 15 is 0 Å². The van der Waals surface area contributed by atoms with E-state index in [-0.39, 0.29) is 10.4 Å². The third-order valence-corrected chi connectivity index (χ3v) is 1.84. The van der Waals surface area contributed by atoms with E-state index in [1.807, 2.05) is 0 Å². The van der Waals surface area contributed by atoms with Gasteiger partial charge in [-0.25, -0.2) is 4.98 Å². The zero-order valence-corrected chi connectivity index (χ0v) is 8.15. The molecule has 1 aromatic rings. The third kappa shape index (κ3) is 3.02. The number of halogens is 4. The Labute approximate surface area is 84.2 Å². The molecule has 0 saturated heterocycles. The number of aromatic nitrogens is 2. The normalized spacial score (nSPS) is 11.4. The maximum Gasteiger partial charge on any atom is 0.422 e. The molecule has 1 aromatic heterocycles. The predicted molar refractivity (Wildman–Crippen MR) is 44.1 cm³/mol. The summed E-state index contributed by atoms with van der Waals surface area (Å²) < 4.78 is 39.3. The Morgan fingerprint density at radius 2 is 2.21 bits per heavy atom. The van der Waals surface area contributed by atoms with Crippen molar-refractivity contribution >= 4 is 15.9 Å². The zero-order chi connectivity index (χ0) is 10.8. The first kappa shape index (κ1) is 11.0. The van der Waals surface area contributed by atoms with Gasteiger partial charge in [0.15, 0.2) is 6.61 Å². The summed E-state index contributed by atoms with van der Waals surface area (Å²) in [4.78, 5) is 16.4. The first-order chi connectivity index (χ1) is 6.40. The Hall–Kier alpha value is -1.05. The summed E-state index contributed by atoms with van der Waals surface area (Å²) in [6.07, 6.45) is -3.50. The average molecular weight is 273 g/mol. The number of aromatic amines is 1. The smallest absolute Gasteiger partial charge is 0.422 e. The van der Waals surface area contributed by atoms with Crippen LogP contribution in [0, 0.1) is 0 Å². The van der Waals surface area contributed by atoms with Crippen molar-refractivity contribution < 1.29 is 17.9 Å². The molecule has 1 rings (SSSR count). The molecule has 0 aliphatic carbocycles. The Bertz CT molecular complexity index is 376. The van der Waals surface area contributed by atoms with Gasteiger partial charge in [-0.3, -0.25) is 4.79 Å². The zero-order valence-electron chi connectivity index (χ0n) is 6.56. The van der Waals surface area contributed by atoms with Crippen molar-refractivity contribution in [3.63, 3.8) is 0 Å². The van der Waals surface area contributed by atoms with Crippen LogP contribution in [0.4, 0.5) is 13.2 Å². The molecule has 0 aliphatic rings. The Morgan fingerprint density at radius 3 is 2.79 bits per heavy atom. The van der Waals surface area contributed by atoms with E-state index in [2.05, 4.69) is 30.6 Å². The van der Waals surface area contributed by atoms with E-state index in [9.17, 15) is 18.0 Å². The molecule has 78 valence electrons. The summed E-state index contributed by atoms with van der Waals surface area (Å²) in [5.74, 6) is -0.383. The molecule has 0 unspecified atom stereocenters. The van der Waals surface area contributed by atoms with Gasteiger partial charge in [0.25, 0.3) is 5.56 Å². The maximum absolute atomic E-state index is 11.7. The van der Waals surface area contributed by atoms with Crippen molar-refractivity contribution in [2.75, 3.05) is 6.61 Å². The first-order valence-corrected chi connectivity index (χ1v) is 4.12. The summed E-state index contributed by atoms with van der Waals surface area (Å²) in [7, 11) is 0. The molecule has 1 N–H and O–H groups in total. The highest BCUT2D eigenvalue weighted by molar-refractivity contribution is 9.10. The lowest BCUT2D eigenvalue weighted by molar-refractivity contribution is -0.154. The van der Waals surface area contributed by atoms with Crippen molar-refractivity contribution in [1.29, 1.82) is 0 Å². The van der Waals surface area contributed by atoms with Crippen molar-refractivity contribution in [3.8, 4) is 5.88 Å². The second-order valence-electron chi connectivity index (χ2n) is 2.25. The summed E-state index contributed by atoms with van der Waals surface area (Å²) in [5, 5.41) is 0. The lowest BCUT2D eigenvalue weighted by atomic mass is 10.6. The fourth-order valence-electron chi connectivity index (χ4n) is 0.618. The van der Waals surface area contributed by atoms with E-state index in [0.717, 1.165) is 6.33 Å². The van der Waals surface area contributed by atoms with Gasteiger partial charge < -0.3 is 9.72 Å². The molecular weight excluding hydrogens is 269 g/mol. The van der Waals surface area contributed by atoms with Gasteiger partial charge in [-0.2, -0.15) is 13.2 Å². The van der Waals surface area contributed by atoms with Gasteiger partial charge in [0.1, 0.15) is 4.47 Å². The van der Waals surface area contributed by atoms with Crippen LogP contribution in [0.15, 0.2) is 15.6 Å². The molecular formula is C6H4BrF3N2O2. The van der Waals surface area contributed by atoms with Crippen LogP contribution in [0.5, 0.6) is 5.88 Å². The fourth-order valence-corrected chi connectivity index (χ4v) is 0.949. The van der Waals surface area contributed by atoms with Crippen LogP contribution in [0.2, 0.25) is 0 Å². The minimum atomic E-state index is -4.45. The van der Waals surface area contributed by atoms with E-state index < -0.39 is 18.3 Å². The predicted octanol–water partition coefficient (Wildman–Crippen LogP) is 1.47. The maximum atomic E-state index is 11.7. The molecule has 0 atom stereocenters. The Morgan fingerprint density at radius 1 is 1.57 bits per heavy atom. The minimum Gasteiger partial charge on any atom is -0.467 e. The second kappa shape index (κ2) is 3.99. The molecule has 0 aromatic carbocycles. The number of nitrogens with one attached hydrogen (secondary N) is 1. The molecule has 0 radical (unpaired) electrons. The number of ether oxygens (including phenoxy) is 1. The van der Waals surface area contributed by atoms with Gasteiger partial charge in [0, 0.05) is 0 Å². The quantitative estimate of drug-likeness (QED) is 0.887. The highest BCUT2D eigenvalue weighted by Gasteiger charge is 2.29. The molecule has 14 heavy (non-hydrogen) atoms. The highest BCUT2D eigenvalue weighted by atomic mass is 79.9. The van der Waals surface area contributed by atoms with Crippen molar-refractivity contribution in [1.82, 2.24) is 9.97 Å². The molecule has 0 saturated carbocycles. The van der Waals surface area contributed by atoms with E-state index in [4.69, 9.17) is 0 Å². The lowest BCUT2D eigenvalue weighted by Gasteiger charge is -2.08. The van der Waals surface area contributed by atoms with Crippen LogP contribution < -0.4 is 10.3 Å². The number of H-pyrrole nitrogens is 1. The topological polar surface area (TPSA) is 55.0 Å². The molecule has 1 heterocycles. The summed E-state index contributed by atoms with van der Waals surface area (Å²) >= 11 is 2.75. The lowest BCUT2D eigenvalue weighted by Crippen LogP contribution is -2.21. The van der Waals surface area contributed by atoms with Crippen molar-refractivity contribution in [2.24, 2.45) is 0 Å². The van der Waals surface area contributed by atoms with Gasteiger partial charge in [0.05, 0.1) is 6.33 Å². The monoisotopic (exact) mass is 272 g/mol. The summed E-state index contributed by atoms with van der Waals surface area (Å²) in [6.45, 7) is -1.48. The number of hydrogen-bond acceptors (Lipinski definition) is 3. The largest absolute Gasteiger partial charge is 0.467 e. The van der Waals surface area contributed by atoms with Gasteiger partial charge in [-0.05, 0) is 15.9 Å². The number of alkyl halides is 3. The van der Waals surface area contributed by atoms with Crippen molar-refractivity contribution in [3.05, 3.63) is 21.2 Å². The molecule has 0 amide bonds. The molecule has 0 bridgehead atoms. The standard InChI is InChI=1S/C6H4BrF3N2O2/c7-3-4(13)11-2-12-5(3)14-1-6(8,9)10/h2H,1H2,(H,11,12,13). The Balaban J connectivity index is 2.78. The Kier molecular flexibility index (Phi) is 3.14. The van der Waals surface area contributed by atoms with Crippen LogP contribution in [0.1, 0.15) is 0 Å². The number of rotatable bonds is 2. The van der Waals surface area contributed by atoms with Crippen LogP contribution in [0.25, 0.3) is 0 Å². The second-order valence-corrected chi connectivity index (χ2v) is 3.05. The summed E-state index contributed by atoms with van der Waals surface area (Å²) in [5.41, 5.74) is -0.600. The van der Waals surface area contributed by atoms with E-state index in [1.54, 1.807) is 0 Å². The van der Waals surface area contributed by atoms with Crippen molar-refractivity contribution in [2.45, 2.75) is 6.18 Å². The minimum absolute atomic E-state index is 0.163. The molecule has 8 heteroatoms. The third-order valence-electron chi connectivity index (χ3n) is 1.14.